The smallest absolute Gasteiger partial charge is 0.255 e. The third-order valence-corrected chi connectivity index (χ3v) is 7.66. The van der Waals surface area contributed by atoms with Crippen LogP contribution in [0.4, 0.5) is 0 Å². The van der Waals surface area contributed by atoms with E-state index in [1.165, 1.54) is 11.3 Å². The quantitative estimate of drug-likeness (QED) is 0.275. The molecule has 4 aromatic rings. The lowest BCUT2D eigenvalue weighted by molar-refractivity contribution is 0.0911. The predicted molar refractivity (Wildman–Crippen MR) is 146 cm³/mol. The van der Waals surface area contributed by atoms with E-state index in [-0.39, 0.29) is 23.1 Å². The van der Waals surface area contributed by atoms with E-state index in [1.807, 2.05) is 37.3 Å². The van der Waals surface area contributed by atoms with Gasteiger partial charge in [0.1, 0.15) is 17.0 Å². The molecule has 0 unspecified atom stereocenters. The summed E-state index contributed by atoms with van der Waals surface area (Å²) in [6.07, 6.45) is 4.16. The molecule has 3 aromatic heterocycles. The van der Waals surface area contributed by atoms with Crippen LogP contribution in [-0.4, -0.2) is 46.9 Å². The van der Waals surface area contributed by atoms with Gasteiger partial charge >= 0.3 is 0 Å². The number of hydrogen-bond donors (Lipinski definition) is 2. The number of Topliss-reactive ketones (excluding diaryl/α,β-unsaturated/α-hetero) is 1. The molecule has 0 aliphatic carbocycles. The number of carbonyl (C=O) groups is 2. The maximum absolute atomic E-state index is 13.0. The van der Waals surface area contributed by atoms with E-state index in [2.05, 4.69) is 36.1 Å². The molecule has 0 aliphatic rings. The molecule has 2 N–H and O–H groups in total. The molecule has 9 heteroatoms. The SMILES string of the molecule is COc1ccc(OC)c(CCC(=O)c2ccc(-c3cnc4[nH]cc(C(=O)N[C@@H](C)C(C)(C)C)c4n3)s2)c1. The van der Waals surface area contributed by atoms with Crippen LogP contribution in [0.3, 0.4) is 0 Å². The third kappa shape index (κ3) is 5.83. The molecular weight excluding hydrogens is 488 g/mol. The number of benzene rings is 1. The van der Waals surface area contributed by atoms with Crippen molar-refractivity contribution in [2.24, 2.45) is 5.41 Å². The molecule has 0 aliphatic heterocycles. The first-order chi connectivity index (χ1) is 17.6. The average molecular weight is 521 g/mol. The zero-order chi connectivity index (χ0) is 26.7. The molecule has 8 nitrogen and oxygen atoms in total. The first-order valence-electron chi connectivity index (χ1n) is 12.1. The lowest BCUT2D eigenvalue weighted by Crippen LogP contribution is -2.41. The van der Waals surface area contributed by atoms with E-state index in [9.17, 15) is 9.59 Å². The molecule has 0 saturated heterocycles. The zero-order valence-electron chi connectivity index (χ0n) is 22.0. The maximum atomic E-state index is 13.0. The molecule has 0 fully saturated rings. The molecular formula is C28H32N4O4S. The second kappa shape index (κ2) is 10.7. The summed E-state index contributed by atoms with van der Waals surface area (Å²) >= 11 is 1.37. The van der Waals surface area contributed by atoms with Crippen LogP contribution in [0.15, 0.2) is 42.7 Å². The molecule has 0 saturated carbocycles. The van der Waals surface area contributed by atoms with Gasteiger partial charge in [0.2, 0.25) is 0 Å². The van der Waals surface area contributed by atoms with Crippen molar-refractivity contribution in [2.45, 2.75) is 46.6 Å². The van der Waals surface area contributed by atoms with Crippen molar-refractivity contribution < 1.29 is 19.1 Å². The Morgan fingerprint density at radius 1 is 1.14 bits per heavy atom. The molecule has 4 rings (SSSR count). The zero-order valence-corrected chi connectivity index (χ0v) is 22.8. The maximum Gasteiger partial charge on any atom is 0.255 e. The number of aryl methyl sites for hydroxylation is 1. The van der Waals surface area contributed by atoms with E-state index in [1.54, 1.807) is 26.6 Å². The lowest BCUT2D eigenvalue weighted by Gasteiger charge is -2.27. The van der Waals surface area contributed by atoms with E-state index in [0.717, 1.165) is 21.9 Å². The molecule has 3 heterocycles. The van der Waals surface area contributed by atoms with Gasteiger partial charge in [-0.1, -0.05) is 20.8 Å². The number of nitrogens with one attached hydrogen (secondary N) is 2. The standard InChI is InChI=1S/C28H32N4O4S/c1-16(28(2,3)4)31-27(34)19-14-29-26-25(19)32-20(15-30-26)23-11-12-24(37-23)21(33)9-7-17-13-18(35-5)8-10-22(17)36-6/h8,10-16H,7,9H2,1-6H3,(H,29,30)(H,31,34)/t16-/m0/s1. The number of nitrogens with zero attached hydrogens (tertiary/aromatic N) is 2. The molecule has 0 bridgehead atoms. The second-order valence-electron chi connectivity index (χ2n) is 9.98. The molecule has 1 amide bonds. The summed E-state index contributed by atoms with van der Waals surface area (Å²) in [6.45, 7) is 8.22. The van der Waals surface area contributed by atoms with Gasteiger partial charge < -0.3 is 19.8 Å². The van der Waals surface area contributed by atoms with Crippen LogP contribution in [0.2, 0.25) is 0 Å². The van der Waals surface area contributed by atoms with Gasteiger partial charge in [0, 0.05) is 18.7 Å². The molecule has 1 aromatic carbocycles. The number of aromatic amines is 1. The minimum atomic E-state index is -0.199. The molecule has 0 spiro atoms. The number of amides is 1. The van der Waals surface area contributed by atoms with Crippen LogP contribution in [0.1, 0.15) is 59.7 Å². The van der Waals surface area contributed by atoms with Gasteiger partial charge in [0.15, 0.2) is 11.4 Å². The highest BCUT2D eigenvalue weighted by atomic mass is 32.1. The fourth-order valence-corrected chi connectivity index (χ4v) is 4.68. The Hall–Kier alpha value is -3.72. The topological polar surface area (TPSA) is 106 Å². The van der Waals surface area contributed by atoms with E-state index >= 15 is 0 Å². The van der Waals surface area contributed by atoms with Gasteiger partial charge in [-0.05, 0) is 54.7 Å². The van der Waals surface area contributed by atoms with Gasteiger partial charge in [0.05, 0.1) is 41.4 Å². The lowest BCUT2D eigenvalue weighted by atomic mass is 9.88. The molecule has 0 radical (unpaired) electrons. The van der Waals surface area contributed by atoms with Crippen LogP contribution in [0.25, 0.3) is 21.7 Å². The Morgan fingerprint density at radius 3 is 2.62 bits per heavy atom. The normalized spacial score (nSPS) is 12.4. The largest absolute Gasteiger partial charge is 0.497 e. The fraction of sp³-hybridized carbons (Fsp3) is 0.357. The number of rotatable bonds is 9. The number of methoxy groups -OCH3 is 2. The van der Waals surface area contributed by atoms with Gasteiger partial charge in [-0.25, -0.2) is 9.97 Å². The van der Waals surface area contributed by atoms with E-state index in [0.29, 0.717) is 40.1 Å². The van der Waals surface area contributed by atoms with Gasteiger partial charge in [0.25, 0.3) is 5.91 Å². The first-order valence-corrected chi connectivity index (χ1v) is 12.9. The number of thiophene rings is 1. The van der Waals surface area contributed by atoms with Crippen LogP contribution in [-0.2, 0) is 6.42 Å². The summed E-state index contributed by atoms with van der Waals surface area (Å²) < 4.78 is 10.7. The summed E-state index contributed by atoms with van der Waals surface area (Å²) in [5.41, 5.74) is 2.95. The van der Waals surface area contributed by atoms with Crippen molar-refractivity contribution in [1.29, 1.82) is 0 Å². The third-order valence-electron chi connectivity index (χ3n) is 6.51. The Kier molecular flexibility index (Phi) is 7.63. The molecule has 37 heavy (non-hydrogen) atoms. The van der Waals surface area contributed by atoms with Gasteiger partial charge in [-0.15, -0.1) is 11.3 Å². The summed E-state index contributed by atoms with van der Waals surface area (Å²) in [6, 6.07) is 9.22. The van der Waals surface area contributed by atoms with Crippen molar-refractivity contribution in [3.63, 3.8) is 0 Å². The van der Waals surface area contributed by atoms with Gasteiger partial charge in [-0.3, -0.25) is 9.59 Å². The highest BCUT2D eigenvalue weighted by Crippen LogP contribution is 2.30. The van der Waals surface area contributed by atoms with Crippen molar-refractivity contribution in [1.82, 2.24) is 20.3 Å². The van der Waals surface area contributed by atoms with Crippen LogP contribution in [0.5, 0.6) is 11.5 Å². The number of ether oxygens (including phenoxy) is 2. The number of H-pyrrole nitrogens is 1. The Bertz CT molecular complexity index is 1430. The van der Waals surface area contributed by atoms with Crippen LogP contribution < -0.4 is 14.8 Å². The first kappa shape index (κ1) is 26.3. The second-order valence-corrected chi connectivity index (χ2v) is 11.1. The minimum absolute atomic E-state index is 0.0242. The summed E-state index contributed by atoms with van der Waals surface area (Å²) in [5, 5.41) is 3.05. The van der Waals surface area contributed by atoms with Crippen molar-refractivity contribution >= 4 is 34.2 Å². The Balaban J connectivity index is 1.51. The number of aromatic nitrogens is 3. The number of fused-ring (bicyclic) bond motifs is 1. The molecule has 1 atom stereocenters. The number of hydrogen-bond acceptors (Lipinski definition) is 7. The minimum Gasteiger partial charge on any atom is -0.497 e. The van der Waals surface area contributed by atoms with Crippen molar-refractivity contribution in [2.75, 3.05) is 14.2 Å². The highest BCUT2D eigenvalue weighted by Gasteiger charge is 2.24. The Morgan fingerprint density at radius 2 is 1.92 bits per heavy atom. The van der Waals surface area contributed by atoms with Crippen molar-refractivity contribution in [3.05, 3.63) is 58.7 Å². The number of ketones is 1. The summed E-state index contributed by atoms with van der Waals surface area (Å²) in [5.74, 6) is 1.29. The van der Waals surface area contributed by atoms with Crippen LogP contribution >= 0.6 is 11.3 Å². The number of carbonyl (C=O) groups excluding carboxylic acids is 2. The van der Waals surface area contributed by atoms with E-state index in [4.69, 9.17) is 14.5 Å². The van der Waals surface area contributed by atoms with Crippen LogP contribution in [0, 0.1) is 5.41 Å². The van der Waals surface area contributed by atoms with Crippen molar-refractivity contribution in [3.8, 4) is 22.1 Å². The van der Waals surface area contributed by atoms with Gasteiger partial charge in [-0.2, -0.15) is 0 Å². The Labute approximate surface area is 220 Å². The summed E-state index contributed by atoms with van der Waals surface area (Å²) in [7, 11) is 3.22. The molecule has 194 valence electrons. The van der Waals surface area contributed by atoms with E-state index < -0.39 is 0 Å². The average Bonchev–Trinajstić information content (AvgIpc) is 3.53. The predicted octanol–water partition coefficient (Wildman–Crippen LogP) is 5.68. The highest BCUT2D eigenvalue weighted by molar-refractivity contribution is 7.17. The monoisotopic (exact) mass is 520 g/mol. The fourth-order valence-electron chi connectivity index (χ4n) is 3.75. The summed E-state index contributed by atoms with van der Waals surface area (Å²) in [4.78, 5) is 39.5.